The van der Waals surface area contributed by atoms with Gasteiger partial charge in [-0.1, -0.05) is 18.2 Å². The van der Waals surface area contributed by atoms with E-state index in [0.29, 0.717) is 6.04 Å². The zero-order valence-electron chi connectivity index (χ0n) is 12.8. The summed E-state index contributed by atoms with van der Waals surface area (Å²) in [6, 6.07) is 11.1. The summed E-state index contributed by atoms with van der Waals surface area (Å²) in [6.07, 6.45) is 1.04. The number of hydrogen-bond donors (Lipinski definition) is 1. The Hall–Kier alpha value is -1.45. The van der Waals surface area contributed by atoms with Gasteiger partial charge in [0.2, 0.25) is 0 Å². The van der Waals surface area contributed by atoms with Crippen LogP contribution in [0.5, 0.6) is 0 Å². The monoisotopic (exact) mass is 271 g/mol. The molecule has 20 heavy (non-hydrogen) atoms. The first-order valence-electron chi connectivity index (χ1n) is 7.41. The number of fused-ring (bicyclic) bond motifs is 1. The molecule has 0 spiro atoms. The molecule has 108 valence electrons. The van der Waals surface area contributed by atoms with Crippen molar-refractivity contribution in [3.63, 3.8) is 0 Å². The topological polar surface area (TPSA) is 42.1 Å². The molecule has 2 rings (SSSR count). The van der Waals surface area contributed by atoms with Gasteiger partial charge in [0.25, 0.3) is 0 Å². The molecular formula is C17H25N3. The number of para-hydroxylation sites is 1. The van der Waals surface area contributed by atoms with Gasteiger partial charge in [-0.15, -0.1) is 0 Å². The number of rotatable bonds is 6. The summed E-state index contributed by atoms with van der Waals surface area (Å²) in [6.45, 7) is 9.31. The highest BCUT2D eigenvalue weighted by molar-refractivity contribution is 5.82. The van der Waals surface area contributed by atoms with Crippen LogP contribution < -0.4 is 5.73 Å². The number of aromatic nitrogens is 1. The lowest BCUT2D eigenvalue weighted by molar-refractivity contribution is 0.212. The lowest BCUT2D eigenvalue weighted by Crippen LogP contribution is -2.32. The Bertz CT molecular complexity index is 563. The van der Waals surface area contributed by atoms with Crippen molar-refractivity contribution in [2.75, 3.05) is 13.1 Å². The molecule has 3 heteroatoms. The Morgan fingerprint density at radius 2 is 2.00 bits per heavy atom. The van der Waals surface area contributed by atoms with E-state index in [0.717, 1.165) is 37.3 Å². The fourth-order valence-corrected chi connectivity index (χ4v) is 2.56. The predicted octanol–water partition coefficient (Wildman–Crippen LogP) is 3.10. The first kappa shape index (κ1) is 14.9. The second-order valence-electron chi connectivity index (χ2n) is 5.65. The van der Waals surface area contributed by atoms with Gasteiger partial charge in [0.15, 0.2) is 0 Å². The van der Waals surface area contributed by atoms with E-state index in [1.165, 1.54) is 10.9 Å². The number of hydrogen-bond acceptors (Lipinski definition) is 3. The largest absolute Gasteiger partial charge is 0.330 e. The Balaban J connectivity index is 2.31. The van der Waals surface area contributed by atoms with E-state index in [2.05, 4.69) is 54.9 Å². The molecule has 0 saturated carbocycles. The van der Waals surface area contributed by atoms with Crippen LogP contribution in [-0.2, 0) is 6.54 Å². The predicted molar refractivity (Wildman–Crippen MR) is 85.7 cm³/mol. The maximum atomic E-state index is 5.65. The van der Waals surface area contributed by atoms with Crippen LogP contribution in [0.2, 0.25) is 0 Å². The van der Waals surface area contributed by atoms with Gasteiger partial charge in [0, 0.05) is 23.7 Å². The highest BCUT2D eigenvalue weighted by Crippen LogP contribution is 2.20. The van der Waals surface area contributed by atoms with E-state index < -0.39 is 0 Å². The van der Waals surface area contributed by atoms with Crippen molar-refractivity contribution in [3.05, 3.63) is 41.6 Å². The number of nitrogens with zero attached hydrogens (tertiary/aromatic N) is 2. The molecule has 0 radical (unpaired) electrons. The van der Waals surface area contributed by atoms with Gasteiger partial charge in [-0.05, 0) is 58.0 Å². The highest BCUT2D eigenvalue weighted by Gasteiger charge is 2.12. The van der Waals surface area contributed by atoms with Gasteiger partial charge >= 0.3 is 0 Å². The van der Waals surface area contributed by atoms with E-state index in [9.17, 15) is 0 Å². The van der Waals surface area contributed by atoms with Crippen molar-refractivity contribution in [2.45, 2.75) is 39.8 Å². The van der Waals surface area contributed by atoms with Crippen molar-refractivity contribution in [1.82, 2.24) is 9.88 Å². The fraction of sp³-hybridized carbons (Fsp3) is 0.471. The summed E-state index contributed by atoms with van der Waals surface area (Å²) in [4.78, 5) is 7.09. The van der Waals surface area contributed by atoms with Crippen molar-refractivity contribution < 1.29 is 0 Å². The van der Waals surface area contributed by atoms with Crippen LogP contribution in [0.3, 0.4) is 0 Å². The molecule has 0 aliphatic carbocycles. The Labute approximate surface area is 121 Å². The third kappa shape index (κ3) is 3.56. The van der Waals surface area contributed by atoms with Crippen LogP contribution in [0.4, 0.5) is 0 Å². The average molecular weight is 271 g/mol. The molecule has 1 aromatic heterocycles. The zero-order valence-corrected chi connectivity index (χ0v) is 12.8. The molecule has 0 saturated heterocycles. The van der Waals surface area contributed by atoms with Gasteiger partial charge < -0.3 is 5.73 Å². The highest BCUT2D eigenvalue weighted by atomic mass is 15.1. The Morgan fingerprint density at radius 3 is 2.70 bits per heavy atom. The number of pyridine rings is 1. The second kappa shape index (κ2) is 6.82. The smallest absolute Gasteiger partial charge is 0.0708 e. The molecular weight excluding hydrogens is 246 g/mol. The van der Waals surface area contributed by atoms with Crippen LogP contribution >= 0.6 is 0 Å². The van der Waals surface area contributed by atoms with E-state index in [1.807, 2.05) is 6.07 Å². The third-order valence-electron chi connectivity index (χ3n) is 3.68. The van der Waals surface area contributed by atoms with Crippen LogP contribution in [0, 0.1) is 6.92 Å². The van der Waals surface area contributed by atoms with Gasteiger partial charge in [-0.2, -0.15) is 0 Å². The van der Waals surface area contributed by atoms with E-state index >= 15 is 0 Å². The summed E-state index contributed by atoms with van der Waals surface area (Å²) < 4.78 is 0. The number of benzene rings is 1. The van der Waals surface area contributed by atoms with Gasteiger partial charge in [0.1, 0.15) is 0 Å². The molecule has 0 amide bonds. The minimum absolute atomic E-state index is 0.522. The molecule has 0 atom stereocenters. The van der Waals surface area contributed by atoms with Crippen molar-refractivity contribution in [2.24, 2.45) is 5.73 Å². The first-order chi connectivity index (χ1) is 9.61. The normalized spacial score (nSPS) is 11.7. The van der Waals surface area contributed by atoms with E-state index in [1.54, 1.807) is 0 Å². The summed E-state index contributed by atoms with van der Waals surface area (Å²) in [5.41, 5.74) is 9.18. The van der Waals surface area contributed by atoms with E-state index in [4.69, 9.17) is 5.73 Å². The zero-order chi connectivity index (χ0) is 14.5. The molecule has 2 aromatic rings. The van der Waals surface area contributed by atoms with Gasteiger partial charge in [0.05, 0.1) is 5.52 Å². The van der Waals surface area contributed by atoms with Crippen LogP contribution in [0.1, 0.15) is 31.5 Å². The molecule has 2 N–H and O–H groups in total. The quantitative estimate of drug-likeness (QED) is 0.878. The van der Waals surface area contributed by atoms with Gasteiger partial charge in [-0.3, -0.25) is 9.88 Å². The molecule has 0 aliphatic heterocycles. The number of nitrogens with two attached hydrogens (primary N) is 1. The first-order valence-corrected chi connectivity index (χ1v) is 7.41. The van der Waals surface area contributed by atoms with Crippen LogP contribution in [0.15, 0.2) is 30.3 Å². The molecule has 3 nitrogen and oxygen atoms in total. The Morgan fingerprint density at radius 1 is 1.25 bits per heavy atom. The standard InChI is InChI=1S/C17H25N3/c1-13(2)20(10-6-9-18)12-15-11-14(3)19-17-8-5-4-7-16(15)17/h4-5,7-8,11,13H,6,9-10,12,18H2,1-3H3. The SMILES string of the molecule is Cc1cc(CN(CCCN)C(C)C)c2ccccc2n1. The molecule has 1 heterocycles. The summed E-state index contributed by atoms with van der Waals surface area (Å²) in [5.74, 6) is 0. The molecule has 0 unspecified atom stereocenters. The fourth-order valence-electron chi connectivity index (χ4n) is 2.56. The maximum Gasteiger partial charge on any atom is 0.0708 e. The van der Waals surface area contributed by atoms with Gasteiger partial charge in [-0.25, -0.2) is 0 Å². The van der Waals surface area contributed by atoms with Crippen molar-refractivity contribution in [1.29, 1.82) is 0 Å². The van der Waals surface area contributed by atoms with Crippen LogP contribution in [-0.4, -0.2) is 29.0 Å². The van der Waals surface area contributed by atoms with E-state index in [-0.39, 0.29) is 0 Å². The summed E-state index contributed by atoms with van der Waals surface area (Å²) in [5, 5.41) is 1.26. The van der Waals surface area contributed by atoms with Crippen molar-refractivity contribution >= 4 is 10.9 Å². The minimum Gasteiger partial charge on any atom is -0.330 e. The minimum atomic E-state index is 0.522. The summed E-state index contributed by atoms with van der Waals surface area (Å²) in [7, 11) is 0. The van der Waals surface area contributed by atoms with Crippen LogP contribution in [0.25, 0.3) is 10.9 Å². The number of aryl methyl sites for hydroxylation is 1. The molecule has 0 aliphatic rings. The molecule has 1 aromatic carbocycles. The van der Waals surface area contributed by atoms with Crippen molar-refractivity contribution in [3.8, 4) is 0 Å². The average Bonchev–Trinajstić information content (AvgIpc) is 2.42. The Kier molecular flexibility index (Phi) is 5.10. The molecule has 0 fully saturated rings. The lowest BCUT2D eigenvalue weighted by Gasteiger charge is -2.27. The third-order valence-corrected chi connectivity index (χ3v) is 3.68. The maximum absolute atomic E-state index is 5.65. The lowest BCUT2D eigenvalue weighted by atomic mass is 10.1. The summed E-state index contributed by atoms with van der Waals surface area (Å²) >= 11 is 0. The second-order valence-corrected chi connectivity index (χ2v) is 5.65. The molecule has 0 bridgehead atoms.